The van der Waals surface area contributed by atoms with Gasteiger partial charge in [0.1, 0.15) is 0 Å². The Labute approximate surface area is 157 Å². The van der Waals surface area contributed by atoms with Gasteiger partial charge in [0.05, 0.1) is 19.0 Å². The van der Waals surface area contributed by atoms with E-state index in [1.165, 1.54) is 11.8 Å². The fourth-order valence-electron chi connectivity index (χ4n) is 2.79. The summed E-state index contributed by atoms with van der Waals surface area (Å²) in [5.41, 5.74) is 0.908. The van der Waals surface area contributed by atoms with Gasteiger partial charge >= 0.3 is 0 Å². The first-order valence-electron chi connectivity index (χ1n) is 8.84. The number of amides is 1. The number of hydrogen-bond donors (Lipinski definition) is 0. The fraction of sp³-hybridized carbons (Fsp3) is 0.500. The van der Waals surface area contributed by atoms with Crippen molar-refractivity contribution in [2.24, 2.45) is 7.05 Å². The van der Waals surface area contributed by atoms with Gasteiger partial charge in [-0.25, -0.2) is 0 Å². The molecular weight excluding hydrogens is 352 g/mol. The maximum Gasteiger partial charge on any atom is 0.233 e. The first-order valence-corrected chi connectivity index (χ1v) is 9.82. The number of thioether (sulfide) groups is 1. The molecule has 0 aliphatic carbocycles. The van der Waals surface area contributed by atoms with Crippen LogP contribution >= 0.6 is 11.8 Å². The molecule has 2 aromatic rings. The van der Waals surface area contributed by atoms with Crippen LogP contribution in [0.2, 0.25) is 0 Å². The molecule has 0 unspecified atom stereocenters. The zero-order valence-corrected chi connectivity index (χ0v) is 16.2. The molecule has 0 saturated carbocycles. The van der Waals surface area contributed by atoms with Crippen LogP contribution in [0.5, 0.6) is 11.5 Å². The molecule has 3 rings (SSSR count). The molecule has 1 aliphatic heterocycles. The van der Waals surface area contributed by atoms with Crippen LogP contribution < -0.4 is 9.47 Å². The van der Waals surface area contributed by atoms with Gasteiger partial charge in [-0.3, -0.25) is 4.79 Å². The van der Waals surface area contributed by atoms with E-state index < -0.39 is 0 Å². The van der Waals surface area contributed by atoms with Gasteiger partial charge in [-0.1, -0.05) is 11.8 Å². The monoisotopic (exact) mass is 376 g/mol. The average Bonchev–Trinajstić information content (AvgIpc) is 2.86. The molecule has 1 aliphatic rings. The molecule has 0 N–H and O–H groups in total. The number of benzene rings is 1. The van der Waals surface area contributed by atoms with Gasteiger partial charge < -0.3 is 18.9 Å². The summed E-state index contributed by atoms with van der Waals surface area (Å²) in [7, 11) is 1.91. The molecule has 1 amide bonds. The zero-order valence-electron chi connectivity index (χ0n) is 15.4. The van der Waals surface area contributed by atoms with Crippen LogP contribution in [0.25, 0.3) is 11.4 Å². The van der Waals surface area contributed by atoms with Crippen molar-refractivity contribution >= 4 is 17.7 Å². The predicted octanol–water partition coefficient (Wildman–Crippen LogP) is 2.60. The van der Waals surface area contributed by atoms with E-state index in [1.54, 1.807) is 0 Å². The van der Waals surface area contributed by atoms with Crippen LogP contribution in [0.4, 0.5) is 0 Å². The molecular formula is C18H24N4O3S. The number of ether oxygens (including phenoxy) is 2. The highest BCUT2D eigenvalue weighted by molar-refractivity contribution is 7.99. The minimum absolute atomic E-state index is 0.111. The third-order valence-corrected chi connectivity index (χ3v) is 5.29. The first kappa shape index (κ1) is 18.6. The van der Waals surface area contributed by atoms with E-state index >= 15 is 0 Å². The lowest BCUT2D eigenvalue weighted by Gasteiger charge is -2.17. The SMILES string of the molecule is CCN(CC)C(=O)CSc1nnc(-c2ccc3c(c2)OCCCO3)n1C. The fourth-order valence-corrected chi connectivity index (χ4v) is 3.60. The second kappa shape index (κ2) is 8.44. The van der Waals surface area contributed by atoms with E-state index in [0.29, 0.717) is 24.1 Å². The van der Waals surface area contributed by atoms with E-state index in [-0.39, 0.29) is 5.91 Å². The highest BCUT2D eigenvalue weighted by Crippen LogP contribution is 2.34. The zero-order chi connectivity index (χ0) is 18.5. The van der Waals surface area contributed by atoms with E-state index in [1.807, 2.05) is 48.6 Å². The van der Waals surface area contributed by atoms with Crippen LogP contribution in [0, 0.1) is 0 Å². The van der Waals surface area contributed by atoms with Crippen molar-refractivity contribution in [3.05, 3.63) is 18.2 Å². The molecule has 26 heavy (non-hydrogen) atoms. The van der Waals surface area contributed by atoms with Crippen LogP contribution in [0.3, 0.4) is 0 Å². The maximum atomic E-state index is 12.2. The Balaban J connectivity index is 1.75. The van der Waals surface area contributed by atoms with E-state index in [0.717, 1.165) is 42.4 Å². The summed E-state index contributed by atoms with van der Waals surface area (Å²) in [5.74, 6) is 2.69. The molecule has 0 radical (unpaired) electrons. The molecule has 7 nitrogen and oxygen atoms in total. The number of aromatic nitrogens is 3. The van der Waals surface area contributed by atoms with Gasteiger partial charge in [0, 0.05) is 32.1 Å². The molecule has 140 valence electrons. The maximum absolute atomic E-state index is 12.2. The number of rotatable bonds is 6. The number of carbonyl (C=O) groups excluding carboxylic acids is 1. The second-order valence-electron chi connectivity index (χ2n) is 5.93. The van der Waals surface area contributed by atoms with E-state index in [4.69, 9.17) is 9.47 Å². The molecule has 2 heterocycles. The lowest BCUT2D eigenvalue weighted by atomic mass is 10.2. The average molecular weight is 376 g/mol. The molecule has 0 atom stereocenters. The summed E-state index contributed by atoms with van der Waals surface area (Å²) in [6.45, 7) is 6.71. The normalized spacial score (nSPS) is 13.3. The van der Waals surface area contributed by atoms with Crippen molar-refractivity contribution in [3.63, 3.8) is 0 Å². The Morgan fingerprint density at radius 2 is 1.92 bits per heavy atom. The Morgan fingerprint density at radius 3 is 2.65 bits per heavy atom. The summed E-state index contributed by atoms with van der Waals surface area (Å²) in [6, 6.07) is 5.79. The first-order chi connectivity index (χ1) is 12.6. The van der Waals surface area contributed by atoms with Gasteiger partial charge in [-0.05, 0) is 32.0 Å². The highest BCUT2D eigenvalue weighted by Gasteiger charge is 2.17. The van der Waals surface area contributed by atoms with Crippen molar-refractivity contribution in [3.8, 4) is 22.9 Å². The van der Waals surface area contributed by atoms with Crippen LogP contribution in [0.1, 0.15) is 20.3 Å². The molecule has 0 saturated heterocycles. The third kappa shape index (κ3) is 3.95. The van der Waals surface area contributed by atoms with Crippen LogP contribution in [-0.2, 0) is 11.8 Å². The van der Waals surface area contributed by atoms with Crippen molar-refractivity contribution in [2.45, 2.75) is 25.4 Å². The van der Waals surface area contributed by atoms with Gasteiger partial charge in [-0.2, -0.15) is 0 Å². The predicted molar refractivity (Wildman–Crippen MR) is 101 cm³/mol. The molecule has 0 fully saturated rings. The van der Waals surface area contributed by atoms with Crippen LogP contribution in [-0.4, -0.2) is 57.6 Å². The number of carbonyl (C=O) groups is 1. The topological polar surface area (TPSA) is 69.5 Å². The summed E-state index contributed by atoms with van der Waals surface area (Å²) in [6.07, 6.45) is 0.870. The largest absolute Gasteiger partial charge is 0.490 e. The molecule has 1 aromatic carbocycles. The molecule has 8 heteroatoms. The summed E-state index contributed by atoms with van der Waals surface area (Å²) in [5, 5.41) is 9.25. The Bertz CT molecular complexity index is 774. The quantitative estimate of drug-likeness (QED) is 0.722. The molecule has 0 spiro atoms. The van der Waals surface area contributed by atoms with Crippen molar-refractivity contribution < 1.29 is 14.3 Å². The molecule has 1 aromatic heterocycles. The minimum Gasteiger partial charge on any atom is -0.490 e. The number of nitrogens with zero attached hydrogens (tertiary/aromatic N) is 4. The summed E-state index contributed by atoms with van der Waals surface area (Å²) in [4.78, 5) is 14.0. The Morgan fingerprint density at radius 1 is 1.19 bits per heavy atom. The van der Waals surface area contributed by atoms with Gasteiger partial charge in [-0.15, -0.1) is 10.2 Å². The third-order valence-electron chi connectivity index (χ3n) is 4.28. The van der Waals surface area contributed by atoms with Crippen LogP contribution in [0.15, 0.2) is 23.4 Å². The Kier molecular flexibility index (Phi) is 6.03. The number of fused-ring (bicyclic) bond motifs is 1. The highest BCUT2D eigenvalue weighted by atomic mass is 32.2. The van der Waals surface area contributed by atoms with Crippen molar-refractivity contribution in [1.82, 2.24) is 19.7 Å². The van der Waals surface area contributed by atoms with Crippen molar-refractivity contribution in [2.75, 3.05) is 32.1 Å². The van der Waals surface area contributed by atoms with Gasteiger partial charge in [0.25, 0.3) is 0 Å². The smallest absolute Gasteiger partial charge is 0.233 e. The lowest BCUT2D eigenvalue weighted by Crippen LogP contribution is -2.31. The summed E-state index contributed by atoms with van der Waals surface area (Å²) < 4.78 is 13.3. The standard InChI is InChI=1S/C18H24N4O3S/c1-4-22(5-2)16(23)12-26-18-20-19-17(21(18)3)13-7-8-14-15(11-13)25-10-6-9-24-14/h7-8,11H,4-6,9-10,12H2,1-3H3. The lowest BCUT2D eigenvalue weighted by molar-refractivity contribution is -0.127. The van der Waals surface area contributed by atoms with Crippen molar-refractivity contribution in [1.29, 1.82) is 0 Å². The molecule has 0 bridgehead atoms. The second-order valence-corrected chi connectivity index (χ2v) is 6.87. The van der Waals surface area contributed by atoms with Gasteiger partial charge in [0.2, 0.25) is 5.91 Å². The number of hydrogen-bond acceptors (Lipinski definition) is 6. The summed E-state index contributed by atoms with van der Waals surface area (Å²) >= 11 is 1.40. The van der Waals surface area contributed by atoms with E-state index in [9.17, 15) is 4.79 Å². The van der Waals surface area contributed by atoms with Gasteiger partial charge in [0.15, 0.2) is 22.5 Å². The minimum atomic E-state index is 0.111. The Hall–Kier alpha value is -2.22. The van der Waals surface area contributed by atoms with E-state index in [2.05, 4.69) is 10.2 Å².